The van der Waals surface area contributed by atoms with Crippen LogP contribution >= 0.6 is 23.4 Å². The normalized spacial score (nSPS) is 13.7. The molecule has 0 atom stereocenters. The molecule has 5 nitrogen and oxygen atoms in total. The molecule has 1 aliphatic heterocycles. The first kappa shape index (κ1) is 27.6. The van der Waals surface area contributed by atoms with Crippen molar-refractivity contribution in [2.24, 2.45) is 0 Å². The lowest BCUT2D eigenvalue weighted by Crippen LogP contribution is -2.34. The van der Waals surface area contributed by atoms with E-state index >= 15 is 0 Å². The molecular weight excluding hydrogens is 538 g/mol. The van der Waals surface area contributed by atoms with Crippen LogP contribution in [0.1, 0.15) is 28.4 Å². The maximum Gasteiger partial charge on any atom is 0.265 e. The van der Waals surface area contributed by atoms with Gasteiger partial charge in [0.15, 0.2) is 0 Å². The van der Waals surface area contributed by atoms with Crippen molar-refractivity contribution in [3.8, 4) is 0 Å². The molecule has 7 heteroatoms. The molecule has 0 spiro atoms. The summed E-state index contributed by atoms with van der Waals surface area (Å²) in [5.41, 5.74) is 4.43. The molecule has 5 rings (SSSR count). The lowest BCUT2D eigenvalue weighted by molar-refractivity contribution is -0.114. The largest absolute Gasteiger partial charge is 0.370 e. The minimum Gasteiger partial charge on any atom is -0.370 e. The Morgan fingerprint density at radius 3 is 2.45 bits per heavy atom. The van der Waals surface area contributed by atoms with Gasteiger partial charge in [0.25, 0.3) is 11.8 Å². The van der Waals surface area contributed by atoms with Gasteiger partial charge < -0.3 is 15.1 Å². The molecule has 0 aromatic heterocycles. The van der Waals surface area contributed by atoms with Crippen LogP contribution in [0, 0.1) is 0 Å². The van der Waals surface area contributed by atoms with Crippen LogP contribution in [0.25, 0.3) is 6.08 Å². The number of hydrogen-bond acceptors (Lipinski definition) is 4. The minimum atomic E-state index is -0.118. The first-order valence-electron chi connectivity index (χ1n) is 13.2. The number of benzene rings is 4. The van der Waals surface area contributed by atoms with Gasteiger partial charge in [-0.3, -0.25) is 9.59 Å². The second-order valence-electron chi connectivity index (χ2n) is 9.39. The summed E-state index contributed by atoms with van der Waals surface area (Å²) in [4.78, 5) is 32.0. The highest BCUT2D eigenvalue weighted by atomic mass is 35.5. The molecule has 202 valence electrons. The van der Waals surface area contributed by atoms with Crippen LogP contribution in [-0.4, -0.2) is 31.4 Å². The van der Waals surface area contributed by atoms with E-state index in [1.165, 1.54) is 11.8 Å². The van der Waals surface area contributed by atoms with Crippen LogP contribution < -0.4 is 15.1 Å². The van der Waals surface area contributed by atoms with E-state index in [4.69, 9.17) is 11.6 Å². The maximum absolute atomic E-state index is 13.6. The van der Waals surface area contributed by atoms with Crippen molar-refractivity contribution >= 4 is 52.6 Å². The highest BCUT2D eigenvalue weighted by molar-refractivity contribution is 8.04. The van der Waals surface area contributed by atoms with E-state index < -0.39 is 0 Å². The minimum absolute atomic E-state index is 0.0654. The fourth-order valence-electron chi connectivity index (χ4n) is 4.63. The van der Waals surface area contributed by atoms with Crippen molar-refractivity contribution in [3.63, 3.8) is 0 Å². The summed E-state index contributed by atoms with van der Waals surface area (Å²) in [7, 11) is 0. The molecule has 0 bridgehead atoms. The van der Waals surface area contributed by atoms with E-state index in [0.717, 1.165) is 40.5 Å². The number of carbonyl (C=O) groups excluding carboxylic acids is 2. The Hall–Kier alpha value is -4.00. The molecule has 0 radical (unpaired) electrons. The predicted molar refractivity (Wildman–Crippen MR) is 166 cm³/mol. The van der Waals surface area contributed by atoms with E-state index in [-0.39, 0.29) is 11.8 Å². The van der Waals surface area contributed by atoms with E-state index in [1.807, 2.05) is 84.9 Å². The molecule has 1 aliphatic rings. The Morgan fingerprint density at radius 2 is 1.70 bits per heavy atom. The molecule has 0 aliphatic carbocycles. The smallest absolute Gasteiger partial charge is 0.265 e. The van der Waals surface area contributed by atoms with E-state index in [2.05, 4.69) is 29.3 Å². The molecule has 0 saturated heterocycles. The van der Waals surface area contributed by atoms with Crippen LogP contribution in [0.15, 0.2) is 113 Å². The highest BCUT2D eigenvalue weighted by Crippen LogP contribution is 2.42. The lowest BCUT2D eigenvalue weighted by Gasteiger charge is -2.30. The molecule has 1 N–H and O–H groups in total. The number of carbonyl (C=O) groups is 2. The number of hydrogen-bond donors (Lipinski definition) is 1. The van der Waals surface area contributed by atoms with Crippen molar-refractivity contribution in [2.75, 3.05) is 29.4 Å². The van der Waals surface area contributed by atoms with Crippen molar-refractivity contribution in [1.82, 2.24) is 5.32 Å². The summed E-state index contributed by atoms with van der Waals surface area (Å²) in [6.07, 6.45) is 1.88. The van der Waals surface area contributed by atoms with Crippen LogP contribution in [0.4, 0.5) is 11.4 Å². The molecule has 0 unspecified atom stereocenters. The van der Waals surface area contributed by atoms with Gasteiger partial charge in [-0.05, 0) is 72.7 Å². The summed E-state index contributed by atoms with van der Waals surface area (Å²) in [5.74, 6) is -0.183. The first-order valence-corrected chi connectivity index (χ1v) is 14.4. The zero-order valence-electron chi connectivity index (χ0n) is 22.2. The van der Waals surface area contributed by atoms with Crippen molar-refractivity contribution in [2.45, 2.75) is 18.4 Å². The Balaban J connectivity index is 1.26. The summed E-state index contributed by atoms with van der Waals surface area (Å²) < 4.78 is 0. The molecule has 4 aromatic rings. The standard InChI is InChI=1S/C33H30ClN3O2S/c1-2-36(28-11-4-3-5-12-28)20-19-35-32(38)26-17-15-24(16-18-26)22-31-33(39)37(23-25-9-8-10-27(34)21-25)29-13-6-7-14-30(29)40-31/h3-18,21-22H,2,19-20,23H2,1H3,(H,35,38). The van der Waals surface area contributed by atoms with Gasteiger partial charge in [-0.2, -0.15) is 0 Å². The van der Waals surface area contributed by atoms with Crippen molar-refractivity contribution < 1.29 is 9.59 Å². The summed E-state index contributed by atoms with van der Waals surface area (Å²) in [6.45, 7) is 4.66. The number of thioether (sulfide) groups is 1. The van der Waals surface area contributed by atoms with E-state index in [1.54, 1.807) is 17.0 Å². The fourth-order valence-corrected chi connectivity index (χ4v) is 5.91. The van der Waals surface area contributed by atoms with Gasteiger partial charge in [-0.15, -0.1) is 0 Å². The van der Waals surface area contributed by atoms with E-state index in [9.17, 15) is 9.59 Å². The number of rotatable bonds is 9. The van der Waals surface area contributed by atoms with Crippen molar-refractivity contribution in [1.29, 1.82) is 0 Å². The van der Waals surface area contributed by atoms with Crippen LogP contribution in [0.3, 0.4) is 0 Å². The van der Waals surface area contributed by atoms with Crippen LogP contribution in [0.2, 0.25) is 5.02 Å². The maximum atomic E-state index is 13.6. The number of likely N-dealkylation sites (N-methyl/N-ethyl adjacent to an activating group) is 1. The number of para-hydroxylation sites is 2. The molecule has 1 heterocycles. The zero-order valence-corrected chi connectivity index (χ0v) is 23.8. The van der Waals surface area contributed by atoms with Gasteiger partial charge in [0.2, 0.25) is 0 Å². The topological polar surface area (TPSA) is 52.7 Å². The van der Waals surface area contributed by atoms with Crippen molar-refractivity contribution in [3.05, 3.63) is 130 Å². The SMILES string of the molecule is CCN(CCNC(=O)c1ccc(C=C2Sc3ccccc3N(Cc3cccc(Cl)c3)C2=O)cc1)c1ccccc1. The third-order valence-corrected chi connectivity index (χ3v) is 8.02. The number of amides is 2. The van der Waals surface area contributed by atoms with Gasteiger partial charge in [-0.25, -0.2) is 0 Å². The Kier molecular flexibility index (Phi) is 8.89. The van der Waals surface area contributed by atoms with E-state index in [0.29, 0.717) is 28.6 Å². The third kappa shape index (κ3) is 6.58. The Labute approximate surface area is 244 Å². The first-order chi connectivity index (χ1) is 19.5. The fraction of sp³-hybridized carbons (Fsp3) is 0.152. The van der Waals surface area contributed by atoms with Gasteiger partial charge in [0, 0.05) is 40.8 Å². The second-order valence-corrected chi connectivity index (χ2v) is 10.9. The van der Waals surface area contributed by atoms with Gasteiger partial charge in [0.05, 0.1) is 17.1 Å². The molecule has 0 fully saturated rings. The summed E-state index contributed by atoms with van der Waals surface area (Å²) in [6, 6.07) is 33.0. The Bertz CT molecular complexity index is 1520. The predicted octanol–water partition coefficient (Wildman–Crippen LogP) is 7.28. The number of halogens is 1. The second kappa shape index (κ2) is 12.9. The highest BCUT2D eigenvalue weighted by Gasteiger charge is 2.29. The molecule has 40 heavy (non-hydrogen) atoms. The number of nitrogens with one attached hydrogen (secondary N) is 1. The third-order valence-electron chi connectivity index (χ3n) is 6.70. The average molecular weight is 568 g/mol. The lowest BCUT2D eigenvalue weighted by atomic mass is 10.1. The zero-order chi connectivity index (χ0) is 27.9. The molecule has 0 saturated carbocycles. The van der Waals surface area contributed by atoms with Gasteiger partial charge in [-0.1, -0.05) is 78.0 Å². The van der Waals surface area contributed by atoms with Gasteiger partial charge >= 0.3 is 0 Å². The van der Waals surface area contributed by atoms with Crippen LogP contribution in [-0.2, 0) is 11.3 Å². The molecule has 4 aromatic carbocycles. The molecule has 2 amide bonds. The quantitative estimate of drug-likeness (QED) is 0.216. The summed E-state index contributed by atoms with van der Waals surface area (Å²) in [5, 5.41) is 3.66. The number of nitrogens with zero attached hydrogens (tertiary/aromatic N) is 2. The summed E-state index contributed by atoms with van der Waals surface area (Å²) >= 11 is 7.66. The number of fused-ring (bicyclic) bond motifs is 1. The number of anilines is 2. The monoisotopic (exact) mass is 567 g/mol. The van der Waals surface area contributed by atoms with Gasteiger partial charge in [0.1, 0.15) is 0 Å². The molecular formula is C33H30ClN3O2S. The van der Waals surface area contributed by atoms with Crippen LogP contribution in [0.5, 0.6) is 0 Å². The Morgan fingerprint density at radius 1 is 0.950 bits per heavy atom. The average Bonchev–Trinajstić information content (AvgIpc) is 2.98.